The molecule has 1 aromatic carbocycles. The highest BCUT2D eigenvalue weighted by Crippen LogP contribution is 2.38. The second-order valence-corrected chi connectivity index (χ2v) is 9.24. The van der Waals surface area contributed by atoms with Crippen molar-refractivity contribution in [1.29, 1.82) is 0 Å². The van der Waals surface area contributed by atoms with Gasteiger partial charge in [0.05, 0.1) is 48.5 Å². The van der Waals surface area contributed by atoms with E-state index in [2.05, 4.69) is 9.98 Å². The van der Waals surface area contributed by atoms with Crippen LogP contribution in [0.2, 0.25) is 5.02 Å². The first-order chi connectivity index (χ1) is 17.2. The number of aromatic amines is 1. The molecule has 190 valence electrons. The number of allylic oxidation sites excluding steroid dienone is 2. The van der Waals surface area contributed by atoms with Gasteiger partial charge in [-0.1, -0.05) is 11.6 Å². The maximum Gasteiger partial charge on any atom is 0.257 e. The Bertz CT molecular complexity index is 1460. The van der Waals surface area contributed by atoms with Crippen molar-refractivity contribution < 1.29 is 14.6 Å². The summed E-state index contributed by atoms with van der Waals surface area (Å²) >= 11 is 6.97. The van der Waals surface area contributed by atoms with Crippen molar-refractivity contribution in [2.75, 3.05) is 26.8 Å². The number of aliphatic imine (C=N–C) groups is 1. The highest BCUT2D eigenvalue weighted by atomic mass is 35.5. The number of amides is 1. The van der Waals surface area contributed by atoms with Gasteiger partial charge >= 0.3 is 0 Å². The number of halogens is 1. The second-order valence-electron chi connectivity index (χ2n) is 8.86. The van der Waals surface area contributed by atoms with Gasteiger partial charge in [-0.05, 0) is 39.0 Å². The smallest absolute Gasteiger partial charge is 0.257 e. The molecule has 36 heavy (non-hydrogen) atoms. The summed E-state index contributed by atoms with van der Waals surface area (Å²) < 4.78 is 7.44. The predicted molar refractivity (Wildman–Crippen MR) is 142 cm³/mol. The molecule has 0 atom stereocenters. The normalized spacial score (nSPS) is 14.8. The number of pyridine rings is 1. The molecule has 0 fully saturated rings. The molecule has 1 aliphatic rings. The zero-order valence-electron chi connectivity index (χ0n) is 20.8. The number of nitrogens with two attached hydrogens (primary N) is 1. The summed E-state index contributed by atoms with van der Waals surface area (Å²) in [6.45, 7) is 6.45. The topological polar surface area (TPSA) is 126 Å². The number of nitrogens with zero attached hydrogens (tertiary/aromatic N) is 3. The van der Waals surface area contributed by atoms with Crippen LogP contribution in [-0.2, 0) is 13.1 Å². The van der Waals surface area contributed by atoms with Gasteiger partial charge in [-0.3, -0.25) is 14.6 Å². The van der Waals surface area contributed by atoms with Crippen molar-refractivity contribution >= 4 is 39.7 Å². The number of rotatable bonds is 7. The molecule has 0 aliphatic carbocycles. The van der Waals surface area contributed by atoms with Crippen molar-refractivity contribution in [3.63, 3.8) is 0 Å². The summed E-state index contributed by atoms with van der Waals surface area (Å²) in [5.41, 5.74) is 10.4. The molecule has 4 N–H and O–H groups in total. The molecule has 1 aliphatic heterocycles. The highest BCUT2D eigenvalue weighted by molar-refractivity contribution is 6.40. The number of hydrogen-bond donors (Lipinski definition) is 3. The van der Waals surface area contributed by atoms with Crippen LogP contribution in [0.4, 0.5) is 0 Å². The van der Waals surface area contributed by atoms with E-state index in [1.165, 1.54) is 7.11 Å². The fraction of sp³-hybridized carbons (Fsp3) is 0.346. The number of nitrogens with one attached hydrogen (secondary N) is 1. The molecule has 3 heterocycles. The first-order valence-electron chi connectivity index (χ1n) is 11.6. The standard InChI is InChI=1S/C26H30ClN5O4/c1-14-11-20(36-4)19(25(34)30-14)13-32-9-8-31-7-5-17-12-18(23(27)22(24(17)31)26(32)35)21(15(2)28)16(3)29-6-10-33/h5,7,11-12,33H,6,8-10,13,28H2,1-4H3,(H,30,34). The Labute approximate surface area is 213 Å². The number of H-pyrrole nitrogens is 1. The molecule has 4 rings (SSSR count). The number of aromatic nitrogens is 2. The Hall–Kier alpha value is -3.56. The van der Waals surface area contributed by atoms with Crippen LogP contribution in [0.5, 0.6) is 5.75 Å². The first kappa shape index (κ1) is 25.5. The minimum absolute atomic E-state index is 0.0695. The van der Waals surface area contributed by atoms with Crippen LogP contribution in [0, 0.1) is 6.92 Å². The van der Waals surface area contributed by atoms with E-state index >= 15 is 0 Å². The number of aryl methyl sites for hydroxylation is 1. The molecule has 0 spiro atoms. The molecule has 0 saturated heterocycles. The van der Waals surface area contributed by atoms with E-state index in [1.54, 1.807) is 31.7 Å². The number of aliphatic hydroxyl groups is 1. The fourth-order valence-corrected chi connectivity index (χ4v) is 5.07. The minimum Gasteiger partial charge on any atom is -0.496 e. The number of benzene rings is 1. The van der Waals surface area contributed by atoms with E-state index in [1.807, 2.05) is 22.9 Å². The van der Waals surface area contributed by atoms with Crippen molar-refractivity contribution in [3.05, 3.63) is 67.9 Å². The number of aliphatic hydroxyl groups excluding tert-OH is 1. The van der Waals surface area contributed by atoms with Crippen molar-refractivity contribution in [2.45, 2.75) is 33.9 Å². The third-order valence-electron chi connectivity index (χ3n) is 6.37. The third-order valence-corrected chi connectivity index (χ3v) is 6.76. The predicted octanol–water partition coefficient (Wildman–Crippen LogP) is 3.10. The van der Waals surface area contributed by atoms with Gasteiger partial charge < -0.3 is 30.0 Å². The van der Waals surface area contributed by atoms with Gasteiger partial charge in [0.1, 0.15) is 5.75 Å². The minimum atomic E-state index is -0.298. The van der Waals surface area contributed by atoms with Crippen molar-refractivity contribution in [3.8, 4) is 5.75 Å². The van der Waals surface area contributed by atoms with Gasteiger partial charge in [0.15, 0.2) is 0 Å². The number of ether oxygens (including phenoxy) is 1. The largest absolute Gasteiger partial charge is 0.496 e. The summed E-state index contributed by atoms with van der Waals surface area (Å²) in [5, 5.41) is 10.3. The van der Waals surface area contributed by atoms with Gasteiger partial charge in [-0.15, -0.1) is 0 Å². The Morgan fingerprint density at radius 3 is 2.69 bits per heavy atom. The lowest BCUT2D eigenvalue weighted by Crippen LogP contribution is -2.34. The van der Waals surface area contributed by atoms with Crippen LogP contribution < -0.4 is 16.0 Å². The van der Waals surface area contributed by atoms with E-state index in [0.717, 1.165) is 10.9 Å². The monoisotopic (exact) mass is 511 g/mol. The number of hydrogen-bond acceptors (Lipinski definition) is 6. The third kappa shape index (κ3) is 4.52. The van der Waals surface area contributed by atoms with Crippen LogP contribution in [0.25, 0.3) is 16.5 Å². The SMILES string of the molecule is COc1cc(C)[nH]c(=O)c1CN1CCn2ccc3cc(C(C(C)=NCCO)=C(C)N)c(Cl)c(c32)C1=O. The van der Waals surface area contributed by atoms with E-state index in [-0.39, 0.29) is 36.2 Å². The molecule has 0 saturated carbocycles. The maximum absolute atomic E-state index is 14.0. The molecule has 0 bridgehead atoms. The van der Waals surface area contributed by atoms with E-state index in [9.17, 15) is 14.7 Å². The quantitative estimate of drug-likeness (QED) is 0.420. The van der Waals surface area contributed by atoms with Gasteiger partial charge in [0, 0.05) is 52.9 Å². The molecule has 0 unspecified atom stereocenters. The number of carbonyl (C=O) groups is 1. The van der Waals surface area contributed by atoms with Gasteiger partial charge in [-0.2, -0.15) is 0 Å². The van der Waals surface area contributed by atoms with Crippen molar-refractivity contribution in [2.24, 2.45) is 10.7 Å². The molecule has 3 aromatic rings. The summed E-state index contributed by atoms with van der Waals surface area (Å²) in [4.78, 5) is 35.5. The van der Waals surface area contributed by atoms with Crippen LogP contribution in [0.1, 0.15) is 41.0 Å². The molecule has 2 aromatic heterocycles. The number of carbonyl (C=O) groups excluding carboxylic acids is 1. The van der Waals surface area contributed by atoms with Gasteiger partial charge in [0.2, 0.25) is 0 Å². The second kappa shape index (κ2) is 10.2. The Morgan fingerprint density at radius 2 is 2.03 bits per heavy atom. The van der Waals surface area contributed by atoms with Crippen LogP contribution in [0.3, 0.4) is 0 Å². The molecular formula is C26H30ClN5O4. The lowest BCUT2D eigenvalue weighted by Gasteiger charge is -2.23. The average molecular weight is 512 g/mol. The highest BCUT2D eigenvalue weighted by Gasteiger charge is 2.30. The summed E-state index contributed by atoms with van der Waals surface area (Å²) in [6.07, 6.45) is 1.93. The Balaban J connectivity index is 1.87. The average Bonchev–Trinajstić information content (AvgIpc) is 3.16. The zero-order valence-corrected chi connectivity index (χ0v) is 21.6. The van der Waals surface area contributed by atoms with Crippen molar-refractivity contribution in [1.82, 2.24) is 14.5 Å². The van der Waals surface area contributed by atoms with Gasteiger partial charge in [-0.25, -0.2) is 0 Å². The molecule has 10 heteroatoms. The lowest BCUT2D eigenvalue weighted by molar-refractivity contribution is 0.0744. The summed E-state index contributed by atoms with van der Waals surface area (Å²) in [7, 11) is 1.50. The molecular weight excluding hydrogens is 482 g/mol. The van der Waals surface area contributed by atoms with Crippen LogP contribution in [0.15, 0.2) is 39.9 Å². The summed E-state index contributed by atoms with van der Waals surface area (Å²) in [5.74, 6) is 0.142. The van der Waals surface area contributed by atoms with E-state index < -0.39 is 0 Å². The molecule has 0 radical (unpaired) electrons. The molecule has 1 amide bonds. The Morgan fingerprint density at radius 1 is 1.28 bits per heavy atom. The van der Waals surface area contributed by atoms with E-state index in [0.29, 0.717) is 58.2 Å². The van der Waals surface area contributed by atoms with E-state index in [4.69, 9.17) is 22.1 Å². The first-order valence-corrected chi connectivity index (χ1v) is 12.0. The lowest BCUT2D eigenvalue weighted by atomic mass is 9.95. The Kier molecular flexibility index (Phi) is 7.23. The fourth-order valence-electron chi connectivity index (χ4n) is 4.75. The maximum atomic E-state index is 14.0. The van der Waals surface area contributed by atoms with Crippen LogP contribution in [-0.4, -0.2) is 58.0 Å². The summed E-state index contributed by atoms with van der Waals surface area (Å²) in [6, 6.07) is 5.60. The van der Waals surface area contributed by atoms with Gasteiger partial charge in [0.25, 0.3) is 11.5 Å². The number of methoxy groups -OCH3 is 1. The zero-order chi connectivity index (χ0) is 26.1. The molecule has 9 nitrogen and oxygen atoms in total. The van der Waals surface area contributed by atoms with Crippen LogP contribution >= 0.6 is 11.6 Å².